The van der Waals surface area contributed by atoms with Crippen LogP contribution in [0.15, 0.2) is 48.5 Å². The topological polar surface area (TPSA) is 57.2 Å². The molecule has 29 heavy (non-hydrogen) atoms. The summed E-state index contributed by atoms with van der Waals surface area (Å²) in [6.07, 6.45) is 0.387. The zero-order valence-electron chi connectivity index (χ0n) is 16.8. The minimum absolute atomic E-state index is 0.133. The number of anilines is 1. The van der Waals surface area contributed by atoms with Gasteiger partial charge in [-0.2, -0.15) is 5.10 Å². The third kappa shape index (κ3) is 4.10. The molecule has 1 amide bonds. The lowest BCUT2D eigenvalue weighted by Crippen LogP contribution is -2.34. The third-order valence-corrected chi connectivity index (χ3v) is 5.72. The first kappa shape index (κ1) is 19.4. The number of amides is 1. The Labute approximate surface area is 175 Å². The second kappa shape index (κ2) is 8.21. The fourth-order valence-electron chi connectivity index (χ4n) is 3.80. The lowest BCUT2D eigenvalue weighted by atomic mass is 10.1. The first-order chi connectivity index (χ1) is 14.0. The summed E-state index contributed by atoms with van der Waals surface area (Å²) in [4.78, 5) is 17.2. The molecule has 7 heteroatoms. The summed E-state index contributed by atoms with van der Waals surface area (Å²) in [6, 6.07) is 16.4. The molecule has 1 N–H and O–H groups in total. The van der Waals surface area contributed by atoms with Crippen LogP contribution in [0.3, 0.4) is 0 Å². The van der Waals surface area contributed by atoms with E-state index in [1.165, 1.54) is 11.3 Å². The number of nitrogens with zero attached hydrogens (tertiary/aromatic N) is 4. The number of carbonyl (C=O) groups excluding carboxylic acids is 1. The molecule has 0 bridgehead atoms. The zero-order valence-corrected chi connectivity index (χ0v) is 17.6. The van der Waals surface area contributed by atoms with Crippen LogP contribution in [0.2, 0.25) is 0 Å². The summed E-state index contributed by atoms with van der Waals surface area (Å²) in [6.45, 7) is 4.73. The molecule has 1 aromatic heterocycles. The van der Waals surface area contributed by atoms with Gasteiger partial charge < -0.3 is 9.80 Å². The maximum Gasteiger partial charge on any atom is 0.224 e. The number of aryl methyl sites for hydroxylation is 1. The number of hydrogen-bond donors (Lipinski definition) is 1. The first-order valence-electron chi connectivity index (χ1n) is 9.82. The fraction of sp³-hybridized carbons (Fsp3) is 0.318. The number of aromatic nitrogens is 3. The van der Waals surface area contributed by atoms with E-state index in [1.807, 2.05) is 46.7 Å². The zero-order chi connectivity index (χ0) is 20.4. The van der Waals surface area contributed by atoms with Crippen LogP contribution in [0.25, 0.3) is 11.4 Å². The van der Waals surface area contributed by atoms with Gasteiger partial charge in [-0.3, -0.25) is 14.5 Å². The Hall–Kier alpha value is -2.93. The number of nitrogens with one attached hydrogen (secondary N) is 1. The average Bonchev–Trinajstić information content (AvgIpc) is 3.00. The minimum atomic E-state index is 0.133. The van der Waals surface area contributed by atoms with Gasteiger partial charge in [0.2, 0.25) is 5.91 Å². The van der Waals surface area contributed by atoms with Gasteiger partial charge in [-0.15, -0.1) is 0 Å². The molecule has 4 rings (SSSR count). The van der Waals surface area contributed by atoms with Crippen LogP contribution < -0.4 is 4.90 Å². The molecule has 0 unspecified atom stereocenters. The smallest absolute Gasteiger partial charge is 0.224 e. The lowest BCUT2D eigenvalue weighted by molar-refractivity contribution is -0.131. The SMILES string of the molecule is Cc1cccc(-c2n[nH]c(=S)n2CCC(=O)N2CCN(C)c3ccccc3C2)c1. The lowest BCUT2D eigenvalue weighted by Gasteiger charge is -2.21. The second-order valence-electron chi connectivity index (χ2n) is 7.49. The van der Waals surface area contributed by atoms with E-state index in [4.69, 9.17) is 12.2 Å². The number of hydrogen-bond acceptors (Lipinski definition) is 4. The molecular weight excluding hydrogens is 382 g/mol. The van der Waals surface area contributed by atoms with E-state index < -0.39 is 0 Å². The molecule has 1 aliphatic rings. The number of aromatic amines is 1. The van der Waals surface area contributed by atoms with Gasteiger partial charge in [0, 0.05) is 50.9 Å². The highest BCUT2D eigenvalue weighted by Crippen LogP contribution is 2.24. The molecule has 0 saturated carbocycles. The van der Waals surface area contributed by atoms with Crippen LogP contribution in [0.5, 0.6) is 0 Å². The van der Waals surface area contributed by atoms with Crippen molar-refractivity contribution in [3.63, 3.8) is 0 Å². The maximum atomic E-state index is 13.0. The van der Waals surface area contributed by atoms with E-state index in [0.717, 1.165) is 23.5 Å². The van der Waals surface area contributed by atoms with Crippen molar-refractivity contribution in [3.8, 4) is 11.4 Å². The summed E-state index contributed by atoms with van der Waals surface area (Å²) in [5, 5.41) is 7.26. The Morgan fingerprint density at radius 1 is 1.17 bits per heavy atom. The second-order valence-corrected chi connectivity index (χ2v) is 7.88. The van der Waals surface area contributed by atoms with Gasteiger partial charge in [0.15, 0.2) is 10.6 Å². The molecule has 0 fully saturated rings. The van der Waals surface area contributed by atoms with Crippen molar-refractivity contribution in [2.45, 2.75) is 26.4 Å². The number of H-pyrrole nitrogens is 1. The molecule has 2 heterocycles. The number of benzene rings is 2. The van der Waals surface area contributed by atoms with Gasteiger partial charge in [0.05, 0.1) is 0 Å². The minimum Gasteiger partial charge on any atom is -0.373 e. The monoisotopic (exact) mass is 407 g/mol. The Kier molecular flexibility index (Phi) is 5.49. The van der Waals surface area contributed by atoms with Gasteiger partial charge in [-0.05, 0) is 36.8 Å². The van der Waals surface area contributed by atoms with E-state index >= 15 is 0 Å². The van der Waals surface area contributed by atoms with Crippen LogP contribution in [0.1, 0.15) is 17.5 Å². The highest BCUT2D eigenvalue weighted by atomic mass is 32.1. The number of rotatable bonds is 4. The number of para-hydroxylation sites is 1. The van der Waals surface area contributed by atoms with Gasteiger partial charge in [-0.1, -0.05) is 42.0 Å². The van der Waals surface area contributed by atoms with Crippen LogP contribution >= 0.6 is 12.2 Å². The number of fused-ring (bicyclic) bond motifs is 1. The summed E-state index contributed by atoms with van der Waals surface area (Å²) in [5.41, 5.74) is 4.53. The van der Waals surface area contributed by atoms with E-state index in [1.54, 1.807) is 0 Å². The molecule has 1 aliphatic heterocycles. The van der Waals surface area contributed by atoms with Crippen LogP contribution in [0, 0.1) is 11.7 Å². The van der Waals surface area contributed by atoms with Crippen LogP contribution in [0.4, 0.5) is 5.69 Å². The van der Waals surface area contributed by atoms with E-state index in [0.29, 0.717) is 30.8 Å². The van der Waals surface area contributed by atoms with Crippen molar-refractivity contribution in [2.75, 3.05) is 25.0 Å². The summed E-state index contributed by atoms with van der Waals surface area (Å²) in [5.74, 6) is 0.904. The van der Waals surface area contributed by atoms with E-state index in [9.17, 15) is 4.79 Å². The Morgan fingerprint density at radius 3 is 2.83 bits per heavy atom. The van der Waals surface area contributed by atoms with Gasteiger partial charge in [-0.25, -0.2) is 0 Å². The van der Waals surface area contributed by atoms with Crippen LogP contribution in [-0.4, -0.2) is 45.7 Å². The number of carbonyl (C=O) groups is 1. The molecule has 0 saturated heterocycles. The molecule has 0 spiro atoms. The molecule has 6 nitrogen and oxygen atoms in total. The Bertz CT molecular complexity index is 1090. The summed E-state index contributed by atoms with van der Waals surface area (Å²) >= 11 is 5.42. The van der Waals surface area contributed by atoms with Crippen molar-refractivity contribution < 1.29 is 4.79 Å². The molecule has 2 aromatic carbocycles. The Balaban J connectivity index is 1.50. The van der Waals surface area contributed by atoms with Crippen molar-refractivity contribution in [1.82, 2.24) is 19.7 Å². The van der Waals surface area contributed by atoms with Crippen molar-refractivity contribution in [2.24, 2.45) is 0 Å². The van der Waals surface area contributed by atoms with Gasteiger partial charge >= 0.3 is 0 Å². The normalized spacial score (nSPS) is 13.9. The molecule has 0 aliphatic carbocycles. The highest BCUT2D eigenvalue weighted by Gasteiger charge is 2.21. The third-order valence-electron chi connectivity index (χ3n) is 5.41. The van der Waals surface area contributed by atoms with E-state index in [2.05, 4.69) is 40.3 Å². The maximum absolute atomic E-state index is 13.0. The summed E-state index contributed by atoms with van der Waals surface area (Å²) < 4.78 is 2.45. The predicted molar refractivity (Wildman–Crippen MR) is 117 cm³/mol. The fourth-order valence-corrected chi connectivity index (χ4v) is 4.02. The molecule has 0 atom stereocenters. The standard InChI is InChI=1S/C22H25N5OS/c1-16-6-5-8-17(14-16)21-23-24-22(29)27(21)11-10-20(28)26-13-12-25(2)19-9-4-3-7-18(19)15-26/h3-9,14H,10-13,15H2,1-2H3,(H,24,29). The van der Waals surface area contributed by atoms with Crippen molar-refractivity contribution >= 4 is 23.8 Å². The van der Waals surface area contributed by atoms with Gasteiger partial charge in [0.25, 0.3) is 0 Å². The quantitative estimate of drug-likeness (QED) is 0.669. The van der Waals surface area contributed by atoms with Crippen molar-refractivity contribution in [3.05, 3.63) is 64.4 Å². The van der Waals surface area contributed by atoms with E-state index in [-0.39, 0.29) is 5.91 Å². The predicted octanol–water partition coefficient (Wildman–Crippen LogP) is 3.78. The summed E-state index contributed by atoms with van der Waals surface area (Å²) in [7, 11) is 2.08. The highest BCUT2D eigenvalue weighted by molar-refractivity contribution is 7.71. The largest absolute Gasteiger partial charge is 0.373 e. The Morgan fingerprint density at radius 2 is 2.00 bits per heavy atom. The molecule has 3 aromatic rings. The van der Waals surface area contributed by atoms with Crippen molar-refractivity contribution in [1.29, 1.82) is 0 Å². The molecule has 150 valence electrons. The molecular formula is C22H25N5OS. The number of likely N-dealkylation sites (N-methyl/N-ethyl adjacent to an activating group) is 1. The first-order valence-corrected chi connectivity index (χ1v) is 10.2. The average molecular weight is 408 g/mol. The van der Waals surface area contributed by atoms with Crippen LogP contribution in [-0.2, 0) is 17.9 Å². The molecule has 0 radical (unpaired) electrons. The van der Waals surface area contributed by atoms with Gasteiger partial charge in [0.1, 0.15) is 0 Å².